The highest BCUT2D eigenvalue weighted by Crippen LogP contribution is 2.29. The van der Waals surface area contributed by atoms with Crippen molar-refractivity contribution in [3.05, 3.63) is 71.9 Å². The van der Waals surface area contributed by atoms with Gasteiger partial charge in [0.1, 0.15) is 5.75 Å². The summed E-state index contributed by atoms with van der Waals surface area (Å²) in [6.07, 6.45) is 4.73. The van der Waals surface area contributed by atoms with E-state index in [1.807, 2.05) is 30.5 Å². The summed E-state index contributed by atoms with van der Waals surface area (Å²) in [6.45, 7) is -2.13. The molecule has 4 rings (SSSR count). The maximum Gasteiger partial charge on any atom is 0.387 e. The monoisotopic (exact) mass is 425 g/mol. The third-order valence-electron chi connectivity index (χ3n) is 5.22. The Kier molecular flexibility index (Phi) is 5.97. The van der Waals surface area contributed by atoms with Crippen molar-refractivity contribution in [3.63, 3.8) is 0 Å². The molecule has 0 aliphatic carbocycles. The number of nitrogens with one attached hydrogen (secondary N) is 2. The Morgan fingerprint density at radius 2 is 2.00 bits per heavy atom. The van der Waals surface area contributed by atoms with Crippen LogP contribution in [0.2, 0.25) is 0 Å². The lowest BCUT2D eigenvalue weighted by molar-refractivity contribution is -0.129. The number of aromatic amines is 1. The summed E-state index contributed by atoms with van der Waals surface area (Å²) in [7, 11) is 0. The molecule has 0 fully saturated rings. The van der Waals surface area contributed by atoms with Crippen molar-refractivity contribution in [3.8, 4) is 5.75 Å². The average Bonchev–Trinajstić information content (AvgIpc) is 3.21. The highest BCUT2D eigenvalue weighted by Gasteiger charge is 2.20. The second kappa shape index (κ2) is 8.99. The number of ether oxygens (including phenoxy) is 1. The number of hydrogen-bond donors (Lipinski definition) is 2. The van der Waals surface area contributed by atoms with E-state index in [-0.39, 0.29) is 23.8 Å². The van der Waals surface area contributed by atoms with E-state index in [2.05, 4.69) is 21.1 Å². The Balaban J connectivity index is 1.33. The number of benzene rings is 2. The first kappa shape index (κ1) is 20.6. The molecular weight excluding hydrogens is 404 g/mol. The first-order chi connectivity index (χ1) is 15.0. The van der Waals surface area contributed by atoms with Crippen LogP contribution in [0.4, 0.5) is 8.78 Å². The number of para-hydroxylation sites is 1. The van der Waals surface area contributed by atoms with Gasteiger partial charge < -0.3 is 19.9 Å². The molecule has 0 radical (unpaired) electrons. The lowest BCUT2D eigenvalue weighted by Gasteiger charge is -2.26. The molecule has 0 bridgehead atoms. The van der Waals surface area contributed by atoms with Crippen LogP contribution >= 0.6 is 0 Å². The lowest BCUT2D eigenvalue weighted by Crippen LogP contribution is -2.42. The van der Waals surface area contributed by atoms with Crippen LogP contribution in [0.25, 0.3) is 16.5 Å². The van der Waals surface area contributed by atoms with Crippen LogP contribution in [0.15, 0.2) is 60.8 Å². The molecule has 1 aliphatic heterocycles. The zero-order valence-corrected chi connectivity index (χ0v) is 16.6. The van der Waals surface area contributed by atoms with Crippen molar-refractivity contribution in [2.24, 2.45) is 0 Å². The van der Waals surface area contributed by atoms with Gasteiger partial charge in [0.05, 0.1) is 6.54 Å². The zero-order valence-electron chi connectivity index (χ0n) is 16.6. The number of halogens is 2. The summed E-state index contributed by atoms with van der Waals surface area (Å²) in [5.41, 5.74) is 3.54. The predicted molar refractivity (Wildman–Crippen MR) is 113 cm³/mol. The van der Waals surface area contributed by atoms with E-state index >= 15 is 0 Å². The quantitative estimate of drug-likeness (QED) is 0.631. The largest absolute Gasteiger partial charge is 0.435 e. The molecule has 0 atom stereocenters. The lowest BCUT2D eigenvalue weighted by atomic mass is 9.99. The van der Waals surface area contributed by atoms with Gasteiger partial charge in [-0.1, -0.05) is 30.3 Å². The van der Waals surface area contributed by atoms with E-state index < -0.39 is 12.5 Å². The van der Waals surface area contributed by atoms with E-state index in [1.54, 1.807) is 4.90 Å². The minimum atomic E-state index is -2.97. The molecular formula is C23H21F2N3O3. The zero-order chi connectivity index (χ0) is 21.8. The van der Waals surface area contributed by atoms with E-state index in [0.29, 0.717) is 19.5 Å². The Morgan fingerprint density at radius 3 is 2.77 bits per heavy atom. The second-order valence-electron chi connectivity index (χ2n) is 7.16. The Bertz CT molecular complexity index is 1140. The minimum absolute atomic E-state index is 0.111. The van der Waals surface area contributed by atoms with Crippen LogP contribution in [0.3, 0.4) is 0 Å². The highest BCUT2D eigenvalue weighted by molar-refractivity contribution is 5.97. The predicted octanol–water partition coefficient (Wildman–Crippen LogP) is 3.82. The first-order valence-electron chi connectivity index (χ1n) is 9.87. The topological polar surface area (TPSA) is 74.4 Å². The van der Waals surface area contributed by atoms with Crippen LogP contribution in [-0.2, 0) is 4.79 Å². The molecule has 1 aromatic heterocycles. The number of rotatable bonds is 6. The molecule has 2 N–H and O–H groups in total. The fourth-order valence-corrected chi connectivity index (χ4v) is 3.66. The van der Waals surface area contributed by atoms with Crippen molar-refractivity contribution in [1.29, 1.82) is 0 Å². The van der Waals surface area contributed by atoms with E-state index in [4.69, 9.17) is 0 Å². The van der Waals surface area contributed by atoms with Gasteiger partial charge in [0.25, 0.3) is 5.91 Å². The molecule has 31 heavy (non-hydrogen) atoms. The third kappa shape index (κ3) is 4.74. The number of hydrogen-bond acceptors (Lipinski definition) is 3. The van der Waals surface area contributed by atoms with Crippen molar-refractivity contribution < 1.29 is 23.1 Å². The highest BCUT2D eigenvalue weighted by atomic mass is 19.3. The fourth-order valence-electron chi connectivity index (χ4n) is 3.66. The van der Waals surface area contributed by atoms with Crippen molar-refractivity contribution in [2.45, 2.75) is 13.0 Å². The number of H-pyrrole nitrogens is 1. The van der Waals surface area contributed by atoms with Gasteiger partial charge in [-0.2, -0.15) is 8.78 Å². The van der Waals surface area contributed by atoms with Gasteiger partial charge in [0, 0.05) is 41.3 Å². The molecule has 2 heterocycles. The molecule has 2 aromatic carbocycles. The summed E-state index contributed by atoms with van der Waals surface area (Å²) in [5.74, 6) is -0.845. The standard InChI is InChI=1S/C23H21F2N3O3/c24-23(25)31-17-5-3-4-16(12-17)22(30)27-14-21(29)28-10-8-15(9-11-28)19-13-26-20-7-2-1-6-18(19)20/h1-8,12-13,23,26H,9-11,14H2,(H,27,30). The van der Waals surface area contributed by atoms with Gasteiger partial charge in [0.2, 0.25) is 5.91 Å². The number of carbonyl (C=O) groups excluding carboxylic acids is 2. The molecule has 8 heteroatoms. The summed E-state index contributed by atoms with van der Waals surface area (Å²) < 4.78 is 29.0. The number of aromatic nitrogens is 1. The molecule has 1 aliphatic rings. The van der Waals surface area contributed by atoms with Crippen molar-refractivity contribution >= 4 is 28.3 Å². The Hall–Kier alpha value is -3.68. The normalized spacial score (nSPS) is 13.9. The minimum Gasteiger partial charge on any atom is -0.435 e. The van der Waals surface area contributed by atoms with Crippen molar-refractivity contribution in [1.82, 2.24) is 15.2 Å². The van der Waals surface area contributed by atoms with E-state index in [0.717, 1.165) is 16.5 Å². The SMILES string of the molecule is O=C(NCC(=O)N1CC=C(c2c[nH]c3ccccc23)CC1)c1cccc(OC(F)F)c1. The van der Waals surface area contributed by atoms with E-state index in [1.165, 1.54) is 29.8 Å². The smallest absolute Gasteiger partial charge is 0.387 e. The summed E-state index contributed by atoms with van der Waals surface area (Å²) >= 11 is 0. The number of carbonyl (C=O) groups is 2. The Morgan fingerprint density at radius 1 is 1.16 bits per heavy atom. The van der Waals surface area contributed by atoms with Crippen LogP contribution in [-0.4, -0.2) is 47.9 Å². The van der Waals surface area contributed by atoms with Crippen LogP contribution in [0.1, 0.15) is 22.3 Å². The van der Waals surface area contributed by atoms with E-state index in [9.17, 15) is 18.4 Å². The molecule has 0 spiro atoms. The van der Waals surface area contributed by atoms with Gasteiger partial charge in [-0.25, -0.2) is 0 Å². The van der Waals surface area contributed by atoms with Gasteiger partial charge in [-0.3, -0.25) is 9.59 Å². The summed E-state index contributed by atoms with van der Waals surface area (Å²) in [4.78, 5) is 29.7. The average molecular weight is 425 g/mol. The first-order valence-corrected chi connectivity index (χ1v) is 9.87. The summed E-state index contributed by atoms with van der Waals surface area (Å²) in [6, 6.07) is 13.5. The van der Waals surface area contributed by atoms with Gasteiger partial charge in [-0.05, 0) is 36.3 Å². The molecule has 3 aromatic rings. The molecule has 0 saturated carbocycles. The van der Waals surface area contributed by atoms with Crippen LogP contribution in [0, 0.1) is 0 Å². The molecule has 2 amide bonds. The Labute approximate surface area is 177 Å². The number of amides is 2. The number of alkyl halides is 2. The maximum atomic E-state index is 12.5. The van der Waals surface area contributed by atoms with Gasteiger partial charge in [-0.15, -0.1) is 0 Å². The molecule has 6 nitrogen and oxygen atoms in total. The molecule has 0 saturated heterocycles. The van der Waals surface area contributed by atoms with Crippen LogP contribution < -0.4 is 10.1 Å². The van der Waals surface area contributed by atoms with Crippen LogP contribution in [0.5, 0.6) is 5.75 Å². The van der Waals surface area contributed by atoms with Gasteiger partial charge in [0.15, 0.2) is 0 Å². The number of nitrogens with zero attached hydrogens (tertiary/aromatic N) is 1. The second-order valence-corrected chi connectivity index (χ2v) is 7.16. The maximum absolute atomic E-state index is 12.5. The molecule has 160 valence electrons. The third-order valence-corrected chi connectivity index (χ3v) is 5.22. The van der Waals surface area contributed by atoms with Crippen molar-refractivity contribution in [2.75, 3.05) is 19.6 Å². The fraction of sp³-hybridized carbons (Fsp3) is 0.217. The van der Waals surface area contributed by atoms with Gasteiger partial charge >= 0.3 is 6.61 Å². The summed E-state index contributed by atoms with van der Waals surface area (Å²) in [5, 5.41) is 3.69. The number of fused-ring (bicyclic) bond motifs is 1. The molecule has 0 unspecified atom stereocenters.